The van der Waals surface area contributed by atoms with Gasteiger partial charge in [-0.1, -0.05) is 47.5 Å². The Morgan fingerprint density at radius 1 is 0.947 bits per heavy atom. The van der Waals surface area contributed by atoms with Crippen molar-refractivity contribution >= 4 is 23.2 Å². The van der Waals surface area contributed by atoms with Gasteiger partial charge in [0.1, 0.15) is 0 Å². The first-order chi connectivity index (χ1) is 9.22. The molecular weight excluding hydrogens is 277 g/mol. The molecule has 0 atom stereocenters. The fraction of sp³-hybridized carbons (Fsp3) is 0.250. The van der Waals surface area contributed by atoms with Crippen molar-refractivity contribution < 1.29 is 0 Å². The van der Waals surface area contributed by atoms with E-state index in [2.05, 4.69) is 29.6 Å². The minimum atomic E-state index is 0.594. The molecule has 0 bridgehead atoms. The van der Waals surface area contributed by atoms with Crippen molar-refractivity contribution in [3.63, 3.8) is 0 Å². The average Bonchev–Trinajstić information content (AvgIpc) is 3.24. The molecule has 0 heterocycles. The Kier molecular flexibility index (Phi) is 3.79. The van der Waals surface area contributed by atoms with E-state index in [0.717, 1.165) is 18.2 Å². The van der Waals surface area contributed by atoms with Gasteiger partial charge < -0.3 is 5.32 Å². The molecule has 3 rings (SSSR count). The van der Waals surface area contributed by atoms with Crippen LogP contribution < -0.4 is 5.32 Å². The van der Waals surface area contributed by atoms with Crippen LogP contribution >= 0.6 is 23.2 Å². The average molecular weight is 292 g/mol. The smallest absolute Gasteiger partial charge is 0.0598 e. The van der Waals surface area contributed by atoms with Gasteiger partial charge in [-0.2, -0.15) is 0 Å². The lowest BCUT2D eigenvalue weighted by Gasteiger charge is -2.07. The van der Waals surface area contributed by atoms with E-state index >= 15 is 0 Å². The molecule has 0 radical (unpaired) electrons. The summed E-state index contributed by atoms with van der Waals surface area (Å²) < 4.78 is 0. The number of halogens is 2. The molecule has 1 nitrogen and oxygen atoms in total. The maximum absolute atomic E-state index is 6.07. The summed E-state index contributed by atoms with van der Waals surface area (Å²) in [6.45, 7) is 0.930. The molecule has 0 aliphatic heterocycles. The van der Waals surface area contributed by atoms with Gasteiger partial charge in [0.15, 0.2) is 0 Å². The summed E-state index contributed by atoms with van der Waals surface area (Å²) in [6.07, 6.45) is 2.62. The monoisotopic (exact) mass is 291 g/mol. The highest BCUT2D eigenvalue weighted by atomic mass is 35.5. The van der Waals surface area contributed by atoms with Gasteiger partial charge in [0.2, 0.25) is 0 Å². The van der Waals surface area contributed by atoms with E-state index in [-0.39, 0.29) is 0 Å². The number of benzene rings is 2. The molecule has 0 saturated heterocycles. The van der Waals surface area contributed by atoms with Crippen LogP contribution in [0.2, 0.25) is 10.0 Å². The zero-order valence-corrected chi connectivity index (χ0v) is 12.0. The van der Waals surface area contributed by atoms with Crippen LogP contribution in [0.4, 0.5) is 0 Å². The number of nitrogens with one attached hydrogen (secondary N) is 1. The van der Waals surface area contributed by atoms with Gasteiger partial charge >= 0.3 is 0 Å². The summed E-state index contributed by atoms with van der Waals surface area (Å²) in [5.41, 5.74) is 3.58. The second-order valence-corrected chi connectivity index (χ2v) is 5.80. The molecule has 0 unspecified atom stereocenters. The third-order valence-corrected chi connectivity index (χ3v) is 4.09. The summed E-state index contributed by atoms with van der Waals surface area (Å²) in [6, 6.07) is 15.0. The predicted octanol–water partition coefficient (Wildman–Crippen LogP) is 4.91. The summed E-state index contributed by atoms with van der Waals surface area (Å²) in [5, 5.41) is 4.72. The van der Waals surface area contributed by atoms with Crippen molar-refractivity contribution in [3.05, 3.63) is 58.1 Å². The molecule has 19 heavy (non-hydrogen) atoms. The molecule has 2 aromatic rings. The fourth-order valence-corrected chi connectivity index (χ4v) is 2.38. The van der Waals surface area contributed by atoms with E-state index in [1.807, 2.05) is 18.2 Å². The molecule has 1 fully saturated rings. The maximum Gasteiger partial charge on any atom is 0.0598 e. The van der Waals surface area contributed by atoms with E-state index < -0.39 is 0 Å². The molecule has 98 valence electrons. The first-order valence-electron chi connectivity index (χ1n) is 6.50. The molecule has 0 spiro atoms. The van der Waals surface area contributed by atoms with Gasteiger partial charge in [-0.15, -0.1) is 0 Å². The lowest BCUT2D eigenvalue weighted by molar-refractivity contribution is 0.688. The summed E-state index contributed by atoms with van der Waals surface area (Å²) >= 11 is 12.0. The van der Waals surface area contributed by atoms with Gasteiger partial charge in [0, 0.05) is 12.6 Å². The van der Waals surface area contributed by atoms with Crippen molar-refractivity contribution in [3.8, 4) is 11.1 Å². The number of hydrogen-bond donors (Lipinski definition) is 1. The SMILES string of the molecule is Clc1ccc(-c2cccc(CNC3CC3)c2)cc1Cl. The Balaban J connectivity index is 1.82. The zero-order valence-electron chi connectivity index (χ0n) is 10.5. The van der Waals surface area contributed by atoms with Gasteiger partial charge in [0.25, 0.3) is 0 Å². The molecule has 0 amide bonds. The number of hydrogen-bond acceptors (Lipinski definition) is 1. The zero-order chi connectivity index (χ0) is 13.2. The Morgan fingerprint density at radius 3 is 2.47 bits per heavy atom. The second-order valence-electron chi connectivity index (χ2n) is 4.98. The van der Waals surface area contributed by atoms with Crippen LogP contribution in [-0.2, 0) is 6.54 Å². The van der Waals surface area contributed by atoms with Crippen molar-refractivity contribution in [2.24, 2.45) is 0 Å². The van der Waals surface area contributed by atoms with Crippen LogP contribution in [-0.4, -0.2) is 6.04 Å². The largest absolute Gasteiger partial charge is 0.310 e. The van der Waals surface area contributed by atoms with Crippen molar-refractivity contribution in [2.45, 2.75) is 25.4 Å². The molecule has 1 saturated carbocycles. The van der Waals surface area contributed by atoms with Crippen LogP contribution in [0.15, 0.2) is 42.5 Å². The highest BCUT2D eigenvalue weighted by molar-refractivity contribution is 6.42. The van der Waals surface area contributed by atoms with Gasteiger partial charge in [-0.05, 0) is 47.7 Å². The minimum Gasteiger partial charge on any atom is -0.310 e. The molecule has 3 heteroatoms. The van der Waals surface area contributed by atoms with Crippen LogP contribution in [0.3, 0.4) is 0 Å². The topological polar surface area (TPSA) is 12.0 Å². The lowest BCUT2D eigenvalue weighted by atomic mass is 10.0. The molecule has 1 aliphatic rings. The molecule has 1 N–H and O–H groups in total. The normalized spacial score (nSPS) is 14.6. The van der Waals surface area contributed by atoms with Gasteiger partial charge in [-0.3, -0.25) is 0 Å². The van der Waals surface area contributed by atoms with Gasteiger partial charge in [0.05, 0.1) is 10.0 Å². The maximum atomic E-state index is 6.07. The van der Waals surface area contributed by atoms with E-state index in [0.29, 0.717) is 10.0 Å². The third-order valence-electron chi connectivity index (χ3n) is 3.35. The van der Waals surface area contributed by atoms with Crippen LogP contribution in [0, 0.1) is 0 Å². The van der Waals surface area contributed by atoms with Crippen molar-refractivity contribution in [2.75, 3.05) is 0 Å². The van der Waals surface area contributed by atoms with Crippen molar-refractivity contribution in [1.29, 1.82) is 0 Å². The van der Waals surface area contributed by atoms with E-state index in [9.17, 15) is 0 Å². The highest BCUT2D eigenvalue weighted by Crippen LogP contribution is 2.29. The van der Waals surface area contributed by atoms with E-state index in [1.165, 1.54) is 24.0 Å². The highest BCUT2D eigenvalue weighted by Gasteiger charge is 2.19. The second kappa shape index (κ2) is 5.54. The van der Waals surface area contributed by atoms with Gasteiger partial charge in [-0.25, -0.2) is 0 Å². The molecular formula is C16H15Cl2N. The van der Waals surface area contributed by atoms with Crippen LogP contribution in [0.1, 0.15) is 18.4 Å². The van der Waals surface area contributed by atoms with Crippen molar-refractivity contribution in [1.82, 2.24) is 5.32 Å². The Morgan fingerprint density at radius 2 is 1.74 bits per heavy atom. The number of rotatable bonds is 4. The molecule has 2 aromatic carbocycles. The Hall–Kier alpha value is -1.02. The molecule has 1 aliphatic carbocycles. The third kappa shape index (κ3) is 3.30. The van der Waals surface area contributed by atoms with E-state index in [4.69, 9.17) is 23.2 Å². The molecule has 0 aromatic heterocycles. The van der Waals surface area contributed by atoms with Crippen LogP contribution in [0.25, 0.3) is 11.1 Å². The fourth-order valence-electron chi connectivity index (χ4n) is 2.09. The Labute approximate surface area is 123 Å². The lowest BCUT2D eigenvalue weighted by Crippen LogP contribution is -2.15. The first-order valence-corrected chi connectivity index (χ1v) is 7.26. The first kappa shape index (κ1) is 13.0. The van der Waals surface area contributed by atoms with E-state index in [1.54, 1.807) is 0 Å². The Bertz CT molecular complexity index is 591. The summed E-state index contributed by atoms with van der Waals surface area (Å²) in [7, 11) is 0. The summed E-state index contributed by atoms with van der Waals surface area (Å²) in [4.78, 5) is 0. The standard InChI is InChI=1S/C16H15Cl2N/c17-15-7-4-13(9-16(15)18)12-3-1-2-11(8-12)10-19-14-5-6-14/h1-4,7-9,14,19H,5-6,10H2. The predicted molar refractivity (Wildman–Crippen MR) is 81.8 cm³/mol. The van der Waals surface area contributed by atoms with Crippen LogP contribution in [0.5, 0.6) is 0 Å². The quantitative estimate of drug-likeness (QED) is 0.844. The summed E-state index contributed by atoms with van der Waals surface area (Å²) in [5.74, 6) is 0. The minimum absolute atomic E-state index is 0.594.